The molecule has 0 unspecified atom stereocenters. The fourth-order valence-electron chi connectivity index (χ4n) is 3.80. The van der Waals surface area contributed by atoms with Gasteiger partial charge in [0.25, 0.3) is 0 Å². The molecule has 6 nitrogen and oxygen atoms in total. The van der Waals surface area contributed by atoms with Gasteiger partial charge < -0.3 is 14.7 Å². The van der Waals surface area contributed by atoms with Crippen molar-refractivity contribution in [2.75, 3.05) is 27.2 Å². The molecular weight excluding hydrogens is 571 g/mol. The first-order valence-electron chi connectivity index (χ1n) is 11.7. The molecule has 0 radical (unpaired) electrons. The number of alkyl halides is 6. The Bertz CT molecular complexity index is 1350. The molecule has 0 saturated carbocycles. The van der Waals surface area contributed by atoms with Gasteiger partial charge in [-0.2, -0.15) is 36.3 Å². The van der Waals surface area contributed by atoms with Crippen LogP contribution in [0.15, 0.2) is 36.4 Å². The van der Waals surface area contributed by atoms with Crippen LogP contribution in [0.2, 0.25) is 5.02 Å². The topological polar surface area (TPSA) is 75.5 Å². The average molecular weight is 594 g/mol. The third kappa shape index (κ3) is 8.04. The summed E-state index contributed by atoms with van der Waals surface area (Å²) >= 11 is 6.15. The molecule has 2 aromatic carbocycles. The van der Waals surface area contributed by atoms with Crippen LogP contribution in [0, 0.1) is 5.82 Å². The lowest BCUT2D eigenvalue weighted by Crippen LogP contribution is -2.17. The second-order valence-corrected chi connectivity index (χ2v) is 9.43. The lowest BCUT2D eigenvalue weighted by molar-refractivity contribution is -0.143. The normalized spacial score (nSPS) is 12.2. The SMILES string of the molecule is CN(C)CCCOc1nc(CCc2cc(C(F)(F)F)cc(C(F)(F)F)c2)c(C(=O)O)c(-c2ccc(F)cc2Cl)n1. The summed E-state index contributed by atoms with van der Waals surface area (Å²) in [6.45, 7) is 0.747. The van der Waals surface area contributed by atoms with E-state index in [1.807, 2.05) is 19.0 Å². The summed E-state index contributed by atoms with van der Waals surface area (Å²) in [5.74, 6) is -2.24. The molecule has 0 aliphatic carbocycles. The van der Waals surface area contributed by atoms with Gasteiger partial charge in [-0.25, -0.2) is 9.18 Å². The average Bonchev–Trinajstić information content (AvgIpc) is 2.83. The Labute approximate surface area is 229 Å². The Morgan fingerprint density at radius 2 is 1.60 bits per heavy atom. The molecule has 0 aliphatic rings. The number of carboxylic acids is 1. The van der Waals surface area contributed by atoms with E-state index in [1.165, 1.54) is 6.07 Å². The van der Waals surface area contributed by atoms with Crippen LogP contribution >= 0.6 is 11.6 Å². The molecule has 0 aliphatic heterocycles. The number of rotatable bonds is 10. The number of nitrogens with zero attached hydrogens (tertiary/aromatic N) is 3. The molecule has 0 atom stereocenters. The number of aromatic nitrogens is 2. The number of aromatic carboxylic acids is 1. The molecular formula is C26H23ClF7N3O3. The van der Waals surface area contributed by atoms with Crippen LogP contribution in [0.4, 0.5) is 30.7 Å². The van der Waals surface area contributed by atoms with Gasteiger partial charge in [0.1, 0.15) is 11.4 Å². The van der Waals surface area contributed by atoms with Gasteiger partial charge in [0.05, 0.1) is 34.1 Å². The van der Waals surface area contributed by atoms with Gasteiger partial charge in [0.15, 0.2) is 0 Å². The summed E-state index contributed by atoms with van der Waals surface area (Å²) < 4.78 is 99.1. The predicted octanol–water partition coefficient (Wildman–Crippen LogP) is 6.79. The maximum Gasteiger partial charge on any atom is 0.416 e. The van der Waals surface area contributed by atoms with E-state index in [4.69, 9.17) is 16.3 Å². The number of hydrogen-bond donors (Lipinski definition) is 1. The zero-order valence-corrected chi connectivity index (χ0v) is 21.9. The van der Waals surface area contributed by atoms with E-state index in [2.05, 4.69) is 9.97 Å². The van der Waals surface area contributed by atoms with Crippen LogP contribution in [-0.2, 0) is 25.2 Å². The van der Waals surface area contributed by atoms with Gasteiger partial charge in [-0.1, -0.05) is 11.6 Å². The molecule has 1 aromatic heterocycles. The van der Waals surface area contributed by atoms with Gasteiger partial charge in [-0.15, -0.1) is 0 Å². The van der Waals surface area contributed by atoms with Crippen LogP contribution in [0.3, 0.4) is 0 Å². The summed E-state index contributed by atoms with van der Waals surface area (Å²) in [6.07, 6.45) is -10.4. The highest BCUT2D eigenvalue weighted by Gasteiger charge is 2.37. The van der Waals surface area contributed by atoms with Gasteiger partial charge in [0.2, 0.25) is 0 Å². The molecule has 0 fully saturated rings. The summed E-state index contributed by atoms with van der Waals surface area (Å²) in [5, 5.41) is 9.80. The first kappa shape index (κ1) is 31.1. The van der Waals surface area contributed by atoms with Crippen molar-refractivity contribution in [1.82, 2.24) is 14.9 Å². The fourth-order valence-corrected chi connectivity index (χ4v) is 4.06. The molecule has 1 N–H and O–H groups in total. The Kier molecular flexibility index (Phi) is 9.62. The Balaban J connectivity index is 2.09. The van der Waals surface area contributed by atoms with Crippen molar-refractivity contribution in [2.24, 2.45) is 0 Å². The monoisotopic (exact) mass is 593 g/mol. The maximum absolute atomic E-state index is 13.7. The van der Waals surface area contributed by atoms with Crippen LogP contribution in [0.25, 0.3) is 11.3 Å². The number of ether oxygens (including phenoxy) is 1. The Morgan fingerprint density at radius 3 is 2.12 bits per heavy atom. The third-order valence-corrected chi connectivity index (χ3v) is 5.96. The minimum Gasteiger partial charge on any atom is -0.478 e. The Hall–Kier alpha value is -3.45. The molecule has 0 spiro atoms. The number of benzene rings is 2. The van der Waals surface area contributed by atoms with Crippen LogP contribution in [0.5, 0.6) is 6.01 Å². The minimum atomic E-state index is -5.04. The fraction of sp³-hybridized carbons (Fsp3) is 0.346. The van der Waals surface area contributed by atoms with E-state index in [1.54, 1.807) is 0 Å². The molecule has 40 heavy (non-hydrogen) atoms. The van der Waals surface area contributed by atoms with E-state index < -0.39 is 47.3 Å². The highest BCUT2D eigenvalue weighted by atomic mass is 35.5. The third-order valence-electron chi connectivity index (χ3n) is 5.64. The molecule has 3 rings (SSSR count). The number of carboxylic acid groups (broad SMARTS) is 1. The van der Waals surface area contributed by atoms with E-state index in [0.717, 1.165) is 12.1 Å². The van der Waals surface area contributed by atoms with E-state index in [-0.39, 0.29) is 52.6 Å². The summed E-state index contributed by atoms with van der Waals surface area (Å²) in [5.41, 5.74) is -4.29. The molecule has 3 aromatic rings. The number of halogens is 8. The quantitative estimate of drug-likeness (QED) is 0.206. The minimum absolute atomic E-state index is 0.00514. The van der Waals surface area contributed by atoms with Gasteiger partial charge in [-0.05, 0) is 75.3 Å². The van der Waals surface area contributed by atoms with Crippen molar-refractivity contribution >= 4 is 17.6 Å². The summed E-state index contributed by atoms with van der Waals surface area (Å²) in [4.78, 5) is 22.4. The second kappa shape index (κ2) is 12.4. The highest BCUT2D eigenvalue weighted by molar-refractivity contribution is 6.33. The van der Waals surface area contributed by atoms with Gasteiger partial charge in [0, 0.05) is 12.1 Å². The highest BCUT2D eigenvalue weighted by Crippen LogP contribution is 2.37. The molecule has 14 heteroatoms. The zero-order chi connectivity index (χ0) is 29.8. The van der Waals surface area contributed by atoms with Crippen molar-refractivity contribution in [2.45, 2.75) is 31.6 Å². The van der Waals surface area contributed by atoms with E-state index >= 15 is 0 Å². The molecule has 1 heterocycles. The standard InChI is InChI=1S/C26H23ClF7N3O3/c1-37(2)8-3-9-40-24-35-20(21(23(38)39)22(36-24)18-6-5-17(28)13-19(18)27)7-4-14-10-15(25(29,30)31)12-16(11-14)26(32,33)34/h5-6,10-13H,3-4,7-9H2,1-2H3,(H,38,39). The molecule has 0 saturated heterocycles. The summed E-state index contributed by atoms with van der Waals surface area (Å²) in [6, 6.07) is 3.99. The van der Waals surface area contributed by atoms with Gasteiger partial charge in [-0.3, -0.25) is 0 Å². The first-order valence-corrected chi connectivity index (χ1v) is 12.1. The van der Waals surface area contributed by atoms with Gasteiger partial charge >= 0.3 is 24.3 Å². The van der Waals surface area contributed by atoms with Crippen molar-refractivity contribution in [3.63, 3.8) is 0 Å². The summed E-state index contributed by atoms with van der Waals surface area (Å²) in [7, 11) is 3.67. The van der Waals surface area contributed by atoms with Crippen molar-refractivity contribution in [1.29, 1.82) is 0 Å². The first-order chi connectivity index (χ1) is 18.6. The number of hydrogen-bond acceptors (Lipinski definition) is 5. The molecule has 216 valence electrons. The van der Waals surface area contributed by atoms with Crippen molar-refractivity contribution in [3.05, 3.63) is 75.2 Å². The number of carbonyl (C=O) groups is 1. The second-order valence-electron chi connectivity index (χ2n) is 9.03. The largest absolute Gasteiger partial charge is 0.478 e. The lowest BCUT2D eigenvalue weighted by Gasteiger charge is -2.16. The predicted molar refractivity (Wildman–Crippen MR) is 132 cm³/mol. The zero-order valence-electron chi connectivity index (χ0n) is 21.1. The van der Waals surface area contributed by atoms with E-state index in [0.29, 0.717) is 25.1 Å². The molecule has 0 amide bonds. The Morgan fingerprint density at radius 1 is 0.975 bits per heavy atom. The van der Waals surface area contributed by atoms with Crippen LogP contribution < -0.4 is 4.74 Å². The number of aryl methyl sites for hydroxylation is 2. The van der Waals surface area contributed by atoms with E-state index in [9.17, 15) is 40.6 Å². The maximum atomic E-state index is 13.7. The smallest absolute Gasteiger partial charge is 0.416 e. The van der Waals surface area contributed by atoms with Crippen molar-refractivity contribution < 1.29 is 45.4 Å². The van der Waals surface area contributed by atoms with Crippen LogP contribution in [0.1, 0.15) is 39.2 Å². The lowest BCUT2D eigenvalue weighted by atomic mass is 9.97. The van der Waals surface area contributed by atoms with Crippen molar-refractivity contribution in [3.8, 4) is 17.3 Å². The van der Waals surface area contributed by atoms with Crippen LogP contribution in [-0.4, -0.2) is 53.2 Å². The molecule has 0 bridgehead atoms.